The Bertz CT molecular complexity index is 336. The van der Waals surface area contributed by atoms with Crippen molar-refractivity contribution in [2.24, 2.45) is 5.92 Å². The van der Waals surface area contributed by atoms with Gasteiger partial charge >= 0.3 is 8.80 Å². The summed E-state index contributed by atoms with van der Waals surface area (Å²) in [5.41, 5.74) is 0. The molecule has 0 aromatic heterocycles. The van der Waals surface area contributed by atoms with Crippen molar-refractivity contribution in [3.8, 4) is 0 Å². The smallest absolute Gasteiger partial charge is 0.373 e. The lowest BCUT2D eigenvalue weighted by molar-refractivity contribution is 0.0520. The van der Waals surface area contributed by atoms with Crippen molar-refractivity contribution in [3.05, 3.63) is 0 Å². The van der Waals surface area contributed by atoms with Gasteiger partial charge in [0, 0.05) is 19.8 Å². The summed E-state index contributed by atoms with van der Waals surface area (Å²) in [7, 11) is -3.50. The van der Waals surface area contributed by atoms with E-state index in [0.717, 1.165) is 38.5 Å². The van der Waals surface area contributed by atoms with Crippen molar-refractivity contribution in [2.75, 3.05) is 19.8 Å². The van der Waals surface area contributed by atoms with Crippen LogP contribution in [0, 0.1) is 5.92 Å². The van der Waals surface area contributed by atoms with Gasteiger partial charge < -0.3 is 13.3 Å². The van der Waals surface area contributed by atoms with Crippen LogP contribution in [0.5, 0.6) is 0 Å². The molecule has 0 aromatic carbocycles. The third-order valence-electron chi connectivity index (χ3n) is 5.39. The van der Waals surface area contributed by atoms with Crippen LogP contribution in [-0.4, -0.2) is 42.1 Å². The minimum atomic E-state index is -2.86. The van der Waals surface area contributed by atoms with Crippen LogP contribution in [-0.2, 0) is 13.3 Å². The van der Waals surface area contributed by atoms with E-state index in [2.05, 4.69) is 55.4 Å². The standard InChI is InChI=1S/C20H46O3SSi2/c1-9-12-15-21-26(22-16-13-10-2,23-17-14-11-3)20(8,24)25-19(6,7)18(4)5/h18,24H,9-17,25H2,1-8H3/t20-/m0/s1. The van der Waals surface area contributed by atoms with Crippen molar-refractivity contribution in [3.63, 3.8) is 0 Å². The molecular weight excluding hydrogens is 376 g/mol. The SMILES string of the molecule is CCCCO[Si](OCCCC)(OCCCC)[C@@](C)(S)[SiH2]C(C)(C)C(C)C. The van der Waals surface area contributed by atoms with Gasteiger partial charge in [-0.3, -0.25) is 0 Å². The van der Waals surface area contributed by atoms with E-state index in [1.54, 1.807) is 0 Å². The van der Waals surface area contributed by atoms with E-state index in [1.807, 2.05) is 0 Å². The maximum absolute atomic E-state index is 6.51. The summed E-state index contributed by atoms with van der Waals surface area (Å²) in [6.07, 6.45) is 6.48. The van der Waals surface area contributed by atoms with E-state index in [4.69, 9.17) is 25.9 Å². The zero-order chi connectivity index (χ0) is 20.3. The van der Waals surface area contributed by atoms with Crippen molar-refractivity contribution in [1.29, 1.82) is 0 Å². The summed E-state index contributed by atoms with van der Waals surface area (Å²) in [5, 5.41) is 0.283. The highest BCUT2D eigenvalue weighted by atomic mass is 32.1. The Morgan fingerprint density at radius 1 is 0.808 bits per heavy atom. The summed E-state index contributed by atoms with van der Waals surface area (Å²) in [4.78, 5) is 0. The molecule has 3 nitrogen and oxygen atoms in total. The first-order valence-electron chi connectivity index (χ1n) is 10.7. The van der Waals surface area contributed by atoms with Crippen LogP contribution in [0.15, 0.2) is 0 Å². The number of hydrogen-bond acceptors (Lipinski definition) is 4. The molecule has 0 spiro atoms. The Hall–Kier alpha value is 0.664. The summed E-state index contributed by atoms with van der Waals surface area (Å²) in [5.74, 6) is 0.620. The predicted octanol–water partition coefficient (Wildman–Crippen LogP) is 5.58. The van der Waals surface area contributed by atoms with Gasteiger partial charge in [0.2, 0.25) is 0 Å². The monoisotopic (exact) mass is 422 g/mol. The Labute approximate surface area is 172 Å². The zero-order valence-corrected chi connectivity index (χ0v) is 22.1. The minimum Gasteiger partial charge on any atom is -0.373 e. The molecule has 0 amide bonds. The average Bonchev–Trinajstić information content (AvgIpc) is 2.53. The third-order valence-corrected chi connectivity index (χ3v) is 14.0. The maximum atomic E-state index is 6.51. The van der Waals surface area contributed by atoms with E-state index < -0.39 is 18.3 Å². The first kappa shape index (κ1) is 26.7. The van der Waals surface area contributed by atoms with Crippen LogP contribution in [0.1, 0.15) is 93.9 Å². The fourth-order valence-corrected chi connectivity index (χ4v) is 12.4. The van der Waals surface area contributed by atoms with E-state index >= 15 is 0 Å². The van der Waals surface area contributed by atoms with Crippen LogP contribution in [0.4, 0.5) is 0 Å². The Kier molecular flexibility index (Phi) is 13.3. The second-order valence-corrected chi connectivity index (χ2v) is 18.1. The van der Waals surface area contributed by atoms with Crippen LogP contribution in [0.3, 0.4) is 0 Å². The lowest BCUT2D eigenvalue weighted by Gasteiger charge is -2.45. The lowest BCUT2D eigenvalue weighted by atomic mass is 9.99. The van der Waals surface area contributed by atoms with Gasteiger partial charge in [0.25, 0.3) is 0 Å². The summed E-state index contributed by atoms with van der Waals surface area (Å²) in [6.45, 7) is 20.3. The van der Waals surface area contributed by atoms with Crippen molar-refractivity contribution < 1.29 is 13.3 Å². The Morgan fingerprint density at radius 2 is 1.15 bits per heavy atom. The zero-order valence-electron chi connectivity index (χ0n) is 18.8. The molecule has 0 saturated heterocycles. The van der Waals surface area contributed by atoms with Gasteiger partial charge in [-0.1, -0.05) is 67.7 Å². The minimum absolute atomic E-state index is 0.268. The van der Waals surface area contributed by atoms with E-state index in [0.29, 0.717) is 25.7 Å². The molecule has 0 unspecified atom stereocenters. The average molecular weight is 423 g/mol. The first-order chi connectivity index (χ1) is 12.1. The highest BCUT2D eigenvalue weighted by Gasteiger charge is 2.58. The molecule has 0 aliphatic rings. The number of hydrogen-bond donors (Lipinski definition) is 1. The molecule has 0 fully saturated rings. The highest BCUT2D eigenvalue weighted by molar-refractivity contribution is 7.86. The van der Waals surface area contributed by atoms with Gasteiger partial charge in [0.05, 0.1) is 13.5 Å². The van der Waals surface area contributed by atoms with Crippen molar-refractivity contribution in [2.45, 2.75) is 103 Å². The van der Waals surface area contributed by atoms with Crippen molar-refractivity contribution >= 4 is 31.0 Å². The number of rotatable bonds is 16. The fraction of sp³-hybridized carbons (Fsp3) is 1.00. The van der Waals surface area contributed by atoms with E-state index in [9.17, 15) is 0 Å². The Morgan fingerprint density at radius 3 is 1.42 bits per heavy atom. The molecular formula is C20H46O3SSi2. The lowest BCUT2D eigenvalue weighted by Crippen LogP contribution is -2.65. The predicted molar refractivity (Wildman–Crippen MR) is 123 cm³/mol. The Balaban J connectivity index is 5.58. The van der Waals surface area contributed by atoms with Gasteiger partial charge in [-0.15, -0.1) is 0 Å². The molecule has 26 heavy (non-hydrogen) atoms. The topological polar surface area (TPSA) is 27.7 Å². The molecule has 1 atom stereocenters. The normalized spacial score (nSPS) is 15.9. The number of unbranched alkanes of at least 4 members (excludes halogenated alkanes) is 3. The second kappa shape index (κ2) is 13.0. The molecule has 0 rings (SSSR count). The van der Waals surface area contributed by atoms with Crippen LogP contribution in [0.25, 0.3) is 0 Å². The summed E-state index contributed by atoms with van der Waals surface area (Å²) >= 11 is 5.21. The molecule has 0 saturated carbocycles. The van der Waals surface area contributed by atoms with Gasteiger partial charge in [-0.25, -0.2) is 0 Å². The molecule has 6 heteroatoms. The quantitative estimate of drug-likeness (QED) is 0.200. The van der Waals surface area contributed by atoms with E-state index in [1.165, 1.54) is 0 Å². The van der Waals surface area contributed by atoms with Crippen LogP contribution < -0.4 is 0 Å². The molecule has 0 aliphatic carbocycles. The number of thiol groups is 1. The largest absolute Gasteiger partial charge is 0.513 e. The molecule has 0 aliphatic heterocycles. The molecule has 0 aromatic rings. The van der Waals surface area contributed by atoms with Gasteiger partial charge in [0.15, 0.2) is 0 Å². The molecule has 0 bridgehead atoms. The first-order valence-corrected chi connectivity index (χ1v) is 14.3. The molecule has 0 N–H and O–H groups in total. The van der Waals surface area contributed by atoms with E-state index in [-0.39, 0.29) is 9.03 Å². The maximum Gasteiger partial charge on any atom is 0.513 e. The van der Waals surface area contributed by atoms with Gasteiger partial charge in [-0.2, -0.15) is 12.6 Å². The van der Waals surface area contributed by atoms with Gasteiger partial charge in [0.1, 0.15) is 0 Å². The van der Waals surface area contributed by atoms with Crippen molar-refractivity contribution in [1.82, 2.24) is 0 Å². The van der Waals surface area contributed by atoms with Crippen LogP contribution >= 0.6 is 12.6 Å². The summed E-state index contributed by atoms with van der Waals surface area (Å²) in [6, 6.07) is 0. The third kappa shape index (κ3) is 8.78. The second-order valence-electron chi connectivity index (χ2n) is 8.76. The summed E-state index contributed by atoms with van der Waals surface area (Å²) < 4.78 is 19.3. The molecule has 158 valence electrons. The fourth-order valence-electron chi connectivity index (χ4n) is 2.84. The van der Waals surface area contributed by atoms with Crippen LogP contribution in [0.2, 0.25) is 5.04 Å². The highest BCUT2D eigenvalue weighted by Crippen LogP contribution is 2.42. The van der Waals surface area contributed by atoms with Gasteiger partial charge in [-0.05, 0) is 37.1 Å². The molecule has 0 radical (unpaired) electrons. The molecule has 0 heterocycles.